The quantitative estimate of drug-likeness (QED) is 0.648. The number of aromatic nitrogens is 1. The molecule has 6 heteroatoms. The third kappa shape index (κ3) is 3.13. The van der Waals surface area contributed by atoms with Crippen LogP contribution in [0.15, 0.2) is 40.2 Å². The predicted octanol–water partition coefficient (Wildman–Crippen LogP) is 4.79. The second-order valence-corrected chi connectivity index (χ2v) is 7.96. The fourth-order valence-electron chi connectivity index (χ4n) is 2.81. The van der Waals surface area contributed by atoms with Crippen LogP contribution in [0.2, 0.25) is 0 Å². The van der Waals surface area contributed by atoms with E-state index in [1.807, 2.05) is 16.0 Å². The van der Waals surface area contributed by atoms with E-state index in [0.717, 1.165) is 26.8 Å². The topological polar surface area (TPSA) is 34.0 Å². The summed E-state index contributed by atoms with van der Waals surface area (Å²) in [5.41, 5.74) is 2.63. The van der Waals surface area contributed by atoms with Crippen LogP contribution in [0.4, 0.5) is 4.39 Å². The Morgan fingerprint density at radius 3 is 2.79 bits per heavy atom. The molecule has 2 heterocycles. The van der Waals surface area contributed by atoms with Gasteiger partial charge in [0.25, 0.3) is 5.91 Å². The standard InChI is InChI=1S/C18H16BrFN2OS/c19-14-10-24-16-7-15(18(23)21-8-11-1-2-11)22(17(14)16)9-12-3-5-13(20)6-4-12/h3-7,10-11H,1-2,8-9H2,(H,21,23). The lowest BCUT2D eigenvalue weighted by Gasteiger charge is -2.11. The highest BCUT2D eigenvalue weighted by Gasteiger charge is 2.24. The summed E-state index contributed by atoms with van der Waals surface area (Å²) < 4.78 is 17.2. The third-order valence-electron chi connectivity index (χ3n) is 4.31. The number of carbonyl (C=O) groups excluding carboxylic acids is 1. The van der Waals surface area contributed by atoms with E-state index >= 15 is 0 Å². The summed E-state index contributed by atoms with van der Waals surface area (Å²) in [5.74, 6) is 0.345. The number of hydrogen-bond donors (Lipinski definition) is 1. The van der Waals surface area contributed by atoms with Crippen LogP contribution in [0.1, 0.15) is 28.9 Å². The van der Waals surface area contributed by atoms with E-state index in [1.165, 1.54) is 25.0 Å². The van der Waals surface area contributed by atoms with Crippen LogP contribution in [0.25, 0.3) is 10.2 Å². The van der Waals surface area contributed by atoms with Gasteiger partial charge in [0.2, 0.25) is 0 Å². The van der Waals surface area contributed by atoms with Gasteiger partial charge in [-0.3, -0.25) is 4.79 Å². The summed E-state index contributed by atoms with van der Waals surface area (Å²) in [6, 6.07) is 8.36. The molecule has 4 rings (SSSR count). The fraction of sp³-hybridized carbons (Fsp3) is 0.278. The van der Waals surface area contributed by atoms with Crippen LogP contribution in [0.5, 0.6) is 0 Å². The normalized spacial score (nSPS) is 14.2. The molecule has 24 heavy (non-hydrogen) atoms. The molecule has 1 aliphatic carbocycles. The van der Waals surface area contributed by atoms with Crippen molar-refractivity contribution in [1.82, 2.24) is 9.88 Å². The first-order valence-corrected chi connectivity index (χ1v) is 9.58. The second kappa shape index (κ2) is 6.33. The Morgan fingerprint density at radius 2 is 2.08 bits per heavy atom. The third-order valence-corrected chi connectivity index (χ3v) is 6.14. The summed E-state index contributed by atoms with van der Waals surface area (Å²) in [5, 5.41) is 5.06. The Bertz CT molecular complexity index is 896. The van der Waals surface area contributed by atoms with Crippen LogP contribution in [0.3, 0.4) is 0 Å². The van der Waals surface area contributed by atoms with Crippen molar-refractivity contribution < 1.29 is 9.18 Å². The Labute approximate surface area is 151 Å². The summed E-state index contributed by atoms with van der Waals surface area (Å²) in [6.45, 7) is 1.28. The first-order valence-electron chi connectivity index (χ1n) is 7.90. The molecule has 124 valence electrons. The monoisotopic (exact) mass is 406 g/mol. The Kier molecular flexibility index (Phi) is 4.18. The van der Waals surface area contributed by atoms with Gasteiger partial charge in [-0.2, -0.15) is 0 Å². The van der Waals surface area contributed by atoms with Crippen molar-refractivity contribution in [3.05, 3.63) is 57.3 Å². The molecule has 1 aliphatic rings. The van der Waals surface area contributed by atoms with Gasteiger partial charge in [-0.15, -0.1) is 11.3 Å². The number of rotatable bonds is 5. The van der Waals surface area contributed by atoms with Crippen molar-refractivity contribution in [2.24, 2.45) is 5.92 Å². The minimum Gasteiger partial charge on any atom is -0.350 e. The first kappa shape index (κ1) is 15.8. The van der Waals surface area contributed by atoms with E-state index in [1.54, 1.807) is 23.5 Å². The molecule has 1 amide bonds. The Morgan fingerprint density at radius 1 is 1.33 bits per heavy atom. The number of amides is 1. The van der Waals surface area contributed by atoms with E-state index in [2.05, 4.69) is 21.2 Å². The Hall–Kier alpha value is -1.66. The lowest BCUT2D eigenvalue weighted by molar-refractivity contribution is 0.0943. The molecule has 2 aromatic heterocycles. The van der Waals surface area contributed by atoms with Crippen molar-refractivity contribution in [2.45, 2.75) is 19.4 Å². The molecule has 0 saturated heterocycles. The fourth-order valence-corrected chi connectivity index (χ4v) is 4.50. The highest BCUT2D eigenvalue weighted by molar-refractivity contribution is 9.10. The highest BCUT2D eigenvalue weighted by Crippen LogP contribution is 2.34. The molecule has 0 radical (unpaired) electrons. The summed E-state index contributed by atoms with van der Waals surface area (Å²) in [7, 11) is 0. The van der Waals surface area contributed by atoms with Crippen LogP contribution < -0.4 is 5.32 Å². The molecule has 0 unspecified atom stereocenters. The van der Waals surface area contributed by atoms with Gasteiger partial charge in [0, 0.05) is 18.5 Å². The van der Waals surface area contributed by atoms with Gasteiger partial charge in [-0.05, 0) is 58.5 Å². The van der Waals surface area contributed by atoms with E-state index in [0.29, 0.717) is 18.2 Å². The lowest BCUT2D eigenvalue weighted by Crippen LogP contribution is -2.27. The van der Waals surface area contributed by atoms with E-state index in [-0.39, 0.29) is 11.7 Å². The van der Waals surface area contributed by atoms with Gasteiger partial charge in [0.05, 0.1) is 14.7 Å². The second-order valence-electron chi connectivity index (χ2n) is 6.19. The van der Waals surface area contributed by atoms with Crippen LogP contribution in [0, 0.1) is 11.7 Å². The van der Waals surface area contributed by atoms with Gasteiger partial charge in [-0.25, -0.2) is 4.39 Å². The SMILES string of the molecule is O=C(NCC1CC1)c1cc2scc(Br)c2n1Cc1ccc(F)cc1. The van der Waals surface area contributed by atoms with Crippen molar-refractivity contribution >= 4 is 43.4 Å². The summed E-state index contributed by atoms with van der Waals surface area (Å²) in [4.78, 5) is 12.6. The zero-order valence-electron chi connectivity index (χ0n) is 12.9. The molecule has 1 fully saturated rings. The minimum atomic E-state index is -0.254. The largest absolute Gasteiger partial charge is 0.350 e. The maximum Gasteiger partial charge on any atom is 0.267 e. The number of benzene rings is 1. The zero-order chi connectivity index (χ0) is 16.7. The maximum absolute atomic E-state index is 13.1. The van der Waals surface area contributed by atoms with Crippen LogP contribution >= 0.6 is 27.3 Å². The molecule has 0 aliphatic heterocycles. The first-order chi connectivity index (χ1) is 11.6. The smallest absolute Gasteiger partial charge is 0.267 e. The molecule has 1 N–H and O–H groups in total. The van der Waals surface area contributed by atoms with Crippen LogP contribution in [-0.2, 0) is 6.54 Å². The number of fused-ring (bicyclic) bond motifs is 1. The molecule has 1 saturated carbocycles. The number of halogens is 2. The van der Waals surface area contributed by atoms with Crippen molar-refractivity contribution in [1.29, 1.82) is 0 Å². The van der Waals surface area contributed by atoms with Crippen molar-refractivity contribution in [3.63, 3.8) is 0 Å². The lowest BCUT2D eigenvalue weighted by atomic mass is 10.2. The van der Waals surface area contributed by atoms with Gasteiger partial charge in [0.1, 0.15) is 11.5 Å². The van der Waals surface area contributed by atoms with E-state index < -0.39 is 0 Å². The molecule has 3 aromatic rings. The number of nitrogens with one attached hydrogen (secondary N) is 1. The number of hydrogen-bond acceptors (Lipinski definition) is 2. The molecule has 3 nitrogen and oxygen atoms in total. The van der Waals surface area contributed by atoms with Crippen LogP contribution in [-0.4, -0.2) is 17.0 Å². The van der Waals surface area contributed by atoms with E-state index in [9.17, 15) is 9.18 Å². The van der Waals surface area contributed by atoms with Crippen molar-refractivity contribution in [2.75, 3.05) is 6.54 Å². The summed E-state index contributed by atoms with van der Waals surface area (Å²) >= 11 is 5.18. The molecular formula is C18H16BrFN2OS. The zero-order valence-corrected chi connectivity index (χ0v) is 15.3. The molecular weight excluding hydrogens is 391 g/mol. The van der Waals surface area contributed by atoms with Gasteiger partial charge in [-0.1, -0.05) is 12.1 Å². The molecule has 1 aromatic carbocycles. The maximum atomic E-state index is 13.1. The molecule has 0 atom stereocenters. The summed E-state index contributed by atoms with van der Waals surface area (Å²) in [6.07, 6.45) is 2.41. The average Bonchev–Trinajstić information content (AvgIpc) is 3.24. The number of thiophene rings is 1. The number of nitrogens with zero attached hydrogens (tertiary/aromatic N) is 1. The minimum absolute atomic E-state index is 0.0423. The number of carbonyl (C=O) groups is 1. The van der Waals surface area contributed by atoms with Gasteiger partial charge < -0.3 is 9.88 Å². The Balaban J connectivity index is 1.69. The molecule has 0 spiro atoms. The highest BCUT2D eigenvalue weighted by atomic mass is 79.9. The van der Waals surface area contributed by atoms with Gasteiger partial charge >= 0.3 is 0 Å². The molecule has 0 bridgehead atoms. The van der Waals surface area contributed by atoms with Gasteiger partial charge in [0.15, 0.2) is 0 Å². The van der Waals surface area contributed by atoms with E-state index in [4.69, 9.17) is 0 Å². The average molecular weight is 407 g/mol. The predicted molar refractivity (Wildman–Crippen MR) is 98.1 cm³/mol. The van der Waals surface area contributed by atoms with Crippen molar-refractivity contribution in [3.8, 4) is 0 Å².